The molecule has 10 heteroatoms. The van der Waals surface area contributed by atoms with Crippen molar-refractivity contribution in [2.75, 3.05) is 6.61 Å². The number of imidazole rings is 1. The molecule has 28 heavy (non-hydrogen) atoms. The van der Waals surface area contributed by atoms with Crippen molar-refractivity contribution in [1.29, 1.82) is 0 Å². The van der Waals surface area contributed by atoms with E-state index < -0.39 is 5.82 Å². The van der Waals surface area contributed by atoms with E-state index in [4.69, 9.17) is 16.3 Å². The van der Waals surface area contributed by atoms with E-state index in [1.54, 1.807) is 47.9 Å². The number of hydrogen-bond acceptors (Lipinski definition) is 5. The average molecular weight is 403 g/mol. The predicted octanol–water partition coefficient (Wildman–Crippen LogP) is 3.54. The topological polar surface area (TPSA) is 90.6 Å². The molecule has 0 aliphatic heterocycles. The number of carbonyl (C=O) groups is 1. The zero-order valence-electron chi connectivity index (χ0n) is 15.3. The van der Waals surface area contributed by atoms with Crippen LogP contribution in [0.1, 0.15) is 24.5 Å². The van der Waals surface area contributed by atoms with Gasteiger partial charge in [-0.3, -0.25) is 4.79 Å². The van der Waals surface area contributed by atoms with Crippen LogP contribution in [0.5, 0.6) is 5.75 Å². The molecule has 0 fully saturated rings. The number of rotatable bonds is 5. The molecule has 0 atom stereocenters. The molecule has 0 spiro atoms. The molecule has 4 aromatic rings. The first-order valence-electron chi connectivity index (χ1n) is 8.49. The number of nitrogens with zero attached hydrogens (tertiary/aromatic N) is 5. The molecule has 0 aliphatic rings. The molecular weight excluding hydrogens is 387 g/mol. The predicted molar refractivity (Wildman–Crippen MR) is 102 cm³/mol. The number of aryl methyl sites for hydroxylation is 1. The molecule has 0 saturated heterocycles. The van der Waals surface area contributed by atoms with Gasteiger partial charge in [-0.2, -0.15) is 0 Å². The standard InChI is InChI=1S/C18H16ClFN6O2/c1-4-28-11-7-10-14(13(20)12(11)19)25(3)16(15(10)26-6-5-21-8-26)18-22-17(9(2)27)23-24-18/h5-8H,4H2,1-3H3,(H,22,23,24). The van der Waals surface area contributed by atoms with Gasteiger partial charge in [0.25, 0.3) is 0 Å². The molecule has 0 radical (unpaired) electrons. The van der Waals surface area contributed by atoms with E-state index in [9.17, 15) is 4.79 Å². The third-order valence-electron chi connectivity index (χ3n) is 4.40. The Morgan fingerprint density at radius 1 is 1.39 bits per heavy atom. The first-order valence-corrected chi connectivity index (χ1v) is 8.87. The molecule has 0 unspecified atom stereocenters. The van der Waals surface area contributed by atoms with E-state index in [2.05, 4.69) is 20.2 Å². The molecule has 0 saturated carbocycles. The van der Waals surface area contributed by atoms with E-state index in [0.29, 0.717) is 29.2 Å². The lowest BCUT2D eigenvalue weighted by Crippen LogP contribution is -1.99. The van der Waals surface area contributed by atoms with Crippen LogP contribution in [0.3, 0.4) is 0 Å². The molecule has 0 bridgehead atoms. The molecule has 1 aromatic carbocycles. The van der Waals surface area contributed by atoms with Gasteiger partial charge >= 0.3 is 0 Å². The number of benzene rings is 1. The summed E-state index contributed by atoms with van der Waals surface area (Å²) in [4.78, 5) is 18.6. The van der Waals surface area contributed by atoms with Crippen LogP contribution >= 0.6 is 11.6 Å². The minimum atomic E-state index is -0.607. The fraction of sp³-hybridized carbons (Fsp3) is 0.222. The summed E-state index contributed by atoms with van der Waals surface area (Å²) in [5, 5.41) is 8.41. The summed E-state index contributed by atoms with van der Waals surface area (Å²) < 4.78 is 24.0. The van der Waals surface area contributed by atoms with Crippen molar-refractivity contribution in [1.82, 2.24) is 29.3 Å². The summed E-state index contributed by atoms with van der Waals surface area (Å²) in [6, 6.07) is 1.69. The first-order chi connectivity index (χ1) is 13.4. The van der Waals surface area contributed by atoms with Crippen LogP contribution in [0.15, 0.2) is 24.8 Å². The highest BCUT2D eigenvalue weighted by Crippen LogP contribution is 2.41. The molecule has 0 amide bonds. The van der Waals surface area contributed by atoms with Gasteiger partial charge in [0.1, 0.15) is 16.5 Å². The van der Waals surface area contributed by atoms with E-state index in [0.717, 1.165) is 0 Å². The van der Waals surface area contributed by atoms with Crippen LogP contribution in [0.2, 0.25) is 5.02 Å². The lowest BCUT2D eigenvalue weighted by molar-refractivity contribution is 0.100. The second-order valence-corrected chi connectivity index (χ2v) is 6.51. The molecule has 3 aromatic heterocycles. The van der Waals surface area contributed by atoms with Gasteiger partial charge in [-0.05, 0) is 13.0 Å². The maximum Gasteiger partial charge on any atom is 0.197 e. The number of ether oxygens (including phenoxy) is 1. The summed E-state index contributed by atoms with van der Waals surface area (Å²) in [5.74, 6) is -0.181. The smallest absolute Gasteiger partial charge is 0.197 e. The van der Waals surface area contributed by atoms with Crippen molar-refractivity contribution >= 4 is 28.3 Å². The van der Waals surface area contributed by atoms with Crippen molar-refractivity contribution in [3.8, 4) is 23.0 Å². The number of aromatic nitrogens is 6. The molecular formula is C18H16ClFN6O2. The lowest BCUT2D eigenvalue weighted by atomic mass is 10.2. The molecule has 8 nitrogen and oxygen atoms in total. The van der Waals surface area contributed by atoms with Crippen LogP contribution in [-0.4, -0.2) is 41.7 Å². The number of fused-ring (bicyclic) bond motifs is 1. The van der Waals surface area contributed by atoms with Gasteiger partial charge in [-0.1, -0.05) is 11.6 Å². The van der Waals surface area contributed by atoms with Gasteiger partial charge in [-0.25, -0.2) is 9.37 Å². The summed E-state index contributed by atoms with van der Waals surface area (Å²) in [6.07, 6.45) is 4.93. The normalized spacial score (nSPS) is 11.3. The SMILES string of the molecule is CCOc1cc2c(-n3ccnc3)c(-c3nnc(C(C)=O)[nH]3)n(C)c2c(F)c1Cl. The van der Waals surface area contributed by atoms with Crippen molar-refractivity contribution in [3.63, 3.8) is 0 Å². The van der Waals surface area contributed by atoms with Gasteiger partial charge in [0, 0.05) is 31.8 Å². The van der Waals surface area contributed by atoms with Crippen molar-refractivity contribution in [3.05, 3.63) is 41.5 Å². The summed E-state index contributed by atoms with van der Waals surface area (Å²) in [5.41, 5.74) is 1.40. The summed E-state index contributed by atoms with van der Waals surface area (Å²) >= 11 is 6.19. The number of Topliss-reactive ketones (excluding diaryl/α,β-unsaturated/α-hetero) is 1. The molecule has 1 N–H and O–H groups in total. The van der Waals surface area contributed by atoms with E-state index >= 15 is 4.39 Å². The minimum Gasteiger partial charge on any atom is -0.492 e. The number of H-pyrrole nitrogens is 1. The summed E-state index contributed by atoms with van der Waals surface area (Å²) in [7, 11) is 1.69. The summed E-state index contributed by atoms with van der Waals surface area (Å²) in [6.45, 7) is 3.52. The number of hydrogen-bond donors (Lipinski definition) is 1. The van der Waals surface area contributed by atoms with Crippen molar-refractivity contribution in [2.24, 2.45) is 7.05 Å². The number of nitrogens with one attached hydrogen (secondary N) is 1. The fourth-order valence-electron chi connectivity index (χ4n) is 3.21. The van der Waals surface area contributed by atoms with Crippen molar-refractivity contribution in [2.45, 2.75) is 13.8 Å². The number of halogens is 2. The van der Waals surface area contributed by atoms with Crippen LogP contribution < -0.4 is 4.74 Å². The fourth-order valence-corrected chi connectivity index (χ4v) is 3.41. The minimum absolute atomic E-state index is 0.0966. The van der Waals surface area contributed by atoms with Crippen LogP contribution in [0.25, 0.3) is 28.1 Å². The second kappa shape index (κ2) is 6.75. The average Bonchev–Trinajstić information content (AvgIpc) is 3.38. The van der Waals surface area contributed by atoms with Gasteiger partial charge in [0.2, 0.25) is 0 Å². The highest BCUT2D eigenvalue weighted by Gasteiger charge is 2.26. The quantitative estimate of drug-likeness (QED) is 0.515. The third kappa shape index (κ3) is 2.66. The van der Waals surface area contributed by atoms with E-state index in [-0.39, 0.29) is 27.9 Å². The van der Waals surface area contributed by atoms with Crippen LogP contribution in [-0.2, 0) is 7.05 Å². The number of ketones is 1. The molecule has 4 rings (SSSR count). The Bertz CT molecular complexity index is 1200. The lowest BCUT2D eigenvalue weighted by Gasteiger charge is -2.08. The van der Waals surface area contributed by atoms with Crippen LogP contribution in [0.4, 0.5) is 4.39 Å². The monoisotopic (exact) mass is 402 g/mol. The van der Waals surface area contributed by atoms with Crippen molar-refractivity contribution < 1.29 is 13.9 Å². The second-order valence-electron chi connectivity index (χ2n) is 6.14. The zero-order valence-corrected chi connectivity index (χ0v) is 16.1. The highest BCUT2D eigenvalue weighted by atomic mass is 35.5. The zero-order chi connectivity index (χ0) is 20.0. The Balaban J connectivity index is 2.11. The van der Waals surface area contributed by atoms with Gasteiger partial charge in [-0.15, -0.1) is 10.2 Å². The molecule has 0 aliphatic carbocycles. The number of carbonyl (C=O) groups excluding carboxylic acids is 1. The maximum atomic E-state index is 15.2. The molecule has 3 heterocycles. The van der Waals surface area contributed by atoms with Crippen LogP contribution in [0, 0.1) is 5.82 Å². The van der Waals surface area contributed by atoms with Gasteiger partial charge in [0.15, 0.2) is 23.2 Å². The van der Waals surface area contributed by atoms with E-state index in [1.807, 2.05) is 0 Å². The largest absolute Gasteiger partial charge is 0.492 e. The first kappa shape index (κ1) is 18.2. The Hall–Kier alpha value is -3.20. The Kier molecular flexibility index (Phi) is 4.38. The van der Waals surface area contributed by atoms with Gasteiger partial charge in [0.05, 0.1) is 24.1 Å². The van der Waals surface area contributed by atoms with E-state index in [1.165, 1.54) is 6.92 Å². The third-order valence-corrected chi connectivity index (χ3v) is 4.76. The Labute approximate surface area is 163 Å². The van der Waals surface area contributed by atoms with Gasteiger partial charge < -0.3 is 18.9 Å². The number of aromatic amines is 1. The molecule has 144 valence electrons. The maximum absolute atomic E-state index is 15.2. The Morgan fingerprint density at radius 2 is 2.18 bits per heavy atom. The Morgan fingerprint density at radius 3 is 2.79 bits per heavy atom. The highest BCUT2D eigenvalue weighted by molar-refractivity contribution is 6.33.